The molecule has 0 saturated carbocycles. The first-order chi connectivity index (χ1) is 25.5. The maximum atomic E-state index is 13.1. The summed E-state index contributed by atoms with van der Waals surface area (Å²) in [7, 11) is 1.59. The van der Waals surface area contributed by atoms with Crippen LogP contribution < -0.4 is 20.7 Å². The summed E-state index contributed by atoms with van der Waals surface area (Å²) < 4.78 is 41.6. The summed E-state index contributed by atoms with van der Waals surface area (Å²) in [6, 6.07) is 27.8. The van der Waals surface area contributed by atoms with Crippen LogP contribution in [-0.4, -0.2) is 65.9 Å². The number of hydrogen-bond acceptors (Lipinski definition) is 10. The Morgan fingerprint density at radius 1 is 0.925 bits per heavy atom. The number of H-pyrrole nitrogens is 1. The van der Waals surface area contributed by atoms with Crippen LogP contribution in [0.4, 0.5) is 0 Å². The highest BCUT2D eigenvalue weighted by Gasteiger charge is 2.45. The number of aromatic amines is 1. The van der Waals surface area contributed by atoms with E-state index in [0.29, 0.717) is 17.1 Å². The van der Waals surface area contributed by atoms with E-state index in [9.17, 15) is 14.9 Å². The Hall–Kier alpha value is -4.34. The monoisotopic (exact) mass is 744 g/mol. The van der Waals surface area contributed by atoms with Gasteiger partial charge in [0.05, 0.1) is 46.0 Å². The lowest BCUT2D eigenvalue weighted by Crippen LogP contribution is -2.39. The highest BCUT2D eigenvalue weighted by Crippen LogP contribution is 2.50. The molecule has 1 aliphatic heterocycles. The van der Waals surface area contributed by atoms with Crippen LogP contribution in [0.5, 0.6) is 11.5 Å². The van der Waals surface area contributed by atoms with Crippen LogP contribution in [0, 0.1) is 18.3 Å². The summed E-state index contributed by atoms with van der Waals surface area (Å²) in [4.78, 5) is 27.8. The van der Waals surface area contributed by atoms with E-state index in [2.05, 4.69) is 43.4 Å². The average molecular weight is 745 g/mol. The van der Waals surface area contributed by atoms with Gasteiger partial charge in [-0.05, 0) is 75.6 Å². The number of nitrogens with one attached hydrogen (secondary N) is 1. The fourth-order valence-electron chi connectivity index (χ4n) is 6.62. The summed E-state index contributed by atoms with van der Waals surface area (Å²) in [5, 5.41) is 9.29. The lowest BCUT2D eigenvalue weighted by atomic mass is 9.80. The zero-order chi connectivity index (χ0) is 38.1. The van der Waals surface area contributed by atoms with Crippen LogP contribution >= 0.6 is 8.53 Å². The molecule has 53 heavy (non-hydrogen) atoms. The molecule has 12 nitrogen and oxygen atoms in total. The molecule has 2 heterocycles. The van der Waals surface area contributed by atoms with Crippen LogP contribution in [-0.2, 0) is 24.1 Å². The molecule has 1 fully saturated rings. The van der Waals surface area contributed by atoms with Crippen molar-refractivity contribution >= 4 is 8.53 Å². The minimum absolute atomic E-state index is 0.0376. The molecule has 1 unspecified atom stereocenters. The van der Waals surface area contributed by atoms with Gasteiger partial charge in [-0.15, -0.1) is 0 Å². The van der Waals surface area contributed by atoms with Crippen LogP contribution in [0.2, 0.25) is 0 Å². The van der Waals surface area contributed by atoms with Gasteiger partial charge >= 0.3 is 5.69 Å². The first kappa shape index (κ1) is 39.9. The summed E-state index contributed by atoms with van der Waals surface area (Å²) in [6.07, 6.45) is -0.0783. The Balaban J connectivity index is 1.60. The molecule has 1 saturated heterocycles. The average Bonchev–Trinajstić information content (AvgIpc) is 3.56. The van der Waals surface area contributed by atoms with Gasteiger partial charge in [0, 0.05) is 30.3 Å². The normalized spacial score (nSPS) is 18.0. The number of methoxy groups -OCH3 is 2. The van der Waals surface area contributed by atoms with E-state index >= 15 is 0 Å². The van der Waals surface area contributed by atoms with Crippen molar-refractivity contribution in [2.45, 2.75) is 83.6 Å². The second kappa shape index (κ2) is 18.1. The van der Waals surface area contributed by atoms with Crippen molar-refractivity contribution in [3.05, 3.63) is 128 Å². The van der Waals surface area contributed by atoms with E-state index in [1.165, 1.54) is 10.8 Å². The third-order valence-corrected chi connectivity index (χ3v) is 11.3. The molecule has 5 rings (SSSR count). The molecule has 0 radical (unpaired) electrons. The fourth-order valence-corrected chi connectivity index (χ4v) is 8.38. The smallest absolute Gasteiger partial charge is 0.330 e. The molecule has 1 aromatic heterocycles. The molecule has 0 bridgehead atoms. The Morgan fingerprint density at radius 3 is 2.02 bits per heavy atom. The van der Waals surface area contributed by atoms with Gasteiger partial charge in [0.25, 0.3) is 14.1 Å². The molecule has 0 spiro atoms. The molecule has 282 valence electrons. The van der Waals surface area contributed by atoms with E-state index in [0.717, 1.165) is 16.7 Å². The van der Waals surface area contributed by atoms with Gasteiger partial charge in [0.1, 0.15) is 29.4 Å². The zero-order valence-corrected chi connectivity index (χ0v) is 32.2. The maximum Gasteiger partial charge on any atom is 0.330 e. The van der Waals surface area contributed by atoms with Gasteiger partial charge in [-0.25, -0.2) is 9.46 Å². The summed E-state index contributed by atoms with van der Waals surface area (Å²) in [5.74, 6) is 1.40. The van der Waals surface area contributed by atoms with E-state index in [-0.39, 0.29) is 38.1 Å². The predicted octanol–water partition coefficient (Wildman–Crippen LogP) is 6.82. The van der Waals surface area contributed by atoms with Crippen molar-refractivity contribution in [2.24, 2.45) is 0 Å². The number of rotatable bonds is 17. The standard InChI is InChI=1S/C40H49N4O8P/c1-27(2)44(28(3)4)53(50-23-11-22-41)52-35-24-37(43-25-29(5)38(45)42-39(43)46)51-36(35)26-49-40(30-12-9-8-10-13-30,31-14-18-33(47-6)19-15-31)32-16-20-34(48-7)21-17-32/h8-10,12-21,25,27-28,35-37H,11,23-24,26H2,1-7H3,(H,42,45,46)/t35-,36-,37+,53?/m0/s1. The second-order valence-corrected chi connectivity index (χ2v) is 14.8. The lowest BCUT2D eigenvalue weighted by molar-refractivity contribution is -0.0926. The minimum Gasteiger partial charge on any atom is -0.497 e. The van der Waals surface area contributed by atoms with Crippen LogP contribution in [0.15, 0.2) is 94.6 Å². The van der Waals surface area contributed by atoms with Gasteiger partial charge in [0.2, 0.25) is 0 Å². The number of ether oxygens (including phenoxy) is 4. The third-order valence-electron chi connectivity index (χ3n) is 9.16. The quantitative estimate of drug-likeness (QED) is 0.0697. The first-order valence-corrected chi connectivity index (χ1v) is 18.9. The van der Waals surface area contributed by atoms with E-state index in [1.54, 1.807) is 21.1 Å². The first-order valence-electron chi connectivity index (χ1n) is 17.7. The van der Waals surface area contributed by atoms with Gasteiger partial charge < -0.3 is 28.0 Å². The molecule has 1 N–H and O–H groups in total. The molecule has 1 aliphatic rings. The third kappa shape index (κ3) is 9.07. The molecule has 4 aromatic rings. The van der Waals surface area contributed by atoms with Gasteiger partial charge in [-0.1, -0.05) is 54.6 Å². The molecule has 0 amide bonds. The number of hydrogen-bond donors (Lipinski definition) is 1. The molecule has 0 aliphatic carbocycles. The second-order valence-electron chi connectivity index (χ2n) is 13.3. The van der Waals surface area contributed by atoms with Crippen LogP contribution in [0.3, 0.4) is 0 Å². The maximum absolute atomic E-state index is 13.1. The van der Waals surface area contributed by atoms with Gasteiger partial charge in [-0.2, -0.15) is 5.26 Å². The van der Waals surface area contributed by atoms with Crippen molar-refractivity contribution in [3.8, 4) is 17.6 Å². The summed E-state index contributed by atoms with van der Waals surface area (Å²) >= 11 is 0. The summed E-state index contributed by atoms with van der Waals surface area (Å²) in [6.45, 7) is 10.2. The largest absolute Gasteiger partial charge is 0.497 e. The van der Waals surface area contributed by atoms with Gasteiger partial charge in [0.15, 0.2) is 0 Å². The van der Waals surface area contributed by atoms with Crippen molar-refractivity contribution in [1.29, 1.82) is 5.26 Å². The van der Waals surface area contributed by atoms with E-state index in [4.69, 9.17) is 28.0 Å². The predicted molar refractivity (Wildman–Crippen MR) is 203 cm³/mol. The van der Waals surface area contributed by atoms with E-state index in [1.807, 2.05) is 78.9 Å². The van der Waals surface area contributed by atoms with Crippen LogP contribution in [0.1, 0.15) is 69.0 Å². The Labute approximate surface area is 312 Å². The Morgan fingerprint density at radius 2 is 1.49 bits per heavy atom. The number of nitrogens with zero attached hydrogens (tertiary/aromatic N) is 3. The highest BCUT2D eigenvalue weighted by molar-refractivity contribution is 7.44. The van der Waals surface area contributed by atoms with Crippen LogP contribution in [0.25, 0.3) is 0 Å². The van der Waals surface area contributed by atoms with E-state index < -0.39 is 43.8 Å². The Bertz CT molecular complexity index is 1870. The molecule has 4 atom stereocenters. The zero-order valence-electron chi connectivity index (χ0n) is 31.4. The highest BCUT2D eigenvalue weighted by atomic mass is 31.2. The molecule has 3 aromatic carbocycles. The fraction of sp³-hybridized carbons (Fsp3) is 0.425. The lowest BCUT2D eigenvalue weighted by Gasteiger charge is -2.39. The van der Waals surface area contributed by atoms with Crippen molar-refractivity contribution < 1.29 is 28.0 Å². The SMILES string of the molecule is COc1ccc(C(OC[C@@H]2O[C@@H](n3cc(C)c(=O)[nH]c3=O)C[C@@H]2OP(OCCC#N)N(C(C)C)C(C)C)(c2ccccc2)c2ccc(OC)cc2)cc1. The molecular weight excluding hydrogens is 695 g/mol. The van der Waals surface area contributed by atoms with Crippen molar-refractivity contribution in [3.63, 3.8) is 0 Å². The number of nitriles is 1. The minimum atomic E-state index is -1.67. The number of aryl methyl sites for hydroxylation is 1. The molecular formula is C40H49N4O8P. The Kier molecular flexibility index (Phi) is 13.6. The number of aromatic nitrogens is 2. The topological polar surface area (TPSA) is 137 Å². The van der Waals surface area contributed by atoms with Crippen molar-refractivity contribution in [1.82, 2.24) is 14.2 Å². The molecule has 13 heteroatoms. The summed E-state index contributed by atoms with van der Waals surface area (Å²) in [5.41, 5.74) is 0.779. The van der Waals surface area contributed by atoms with Crippen molar-refractivity contribution in [2.75, 3.05) is 27.4 Å². The van der Waals surface area contributed by atoms with Gasteiger partial charge in [-0.3, -0.25) is 14.3 Å². The number of benzene rings is 3.